The van der Waals surface area contributed by atoms with Crippen molar-refractivity contribution in [3.63, 3.8) is 0 Å². The minimum atomic E-state index is 0.447. The standard InChI is InChI=1S/C7H12N2/c1-6-3-7(2)9-5-8-4-6/h4-7H,3H2,1-2H3. The van der Waals surface area contributed by atoms with E-state index in [0.717, 1.165) is 6.42 Å². The SMILES string of the molecule is CC1C=NC=NC(C)C1. The molecule has 0 amide bonds. The van der Waals surface area contributed by atoms with E-state index < -0.39 is 0 Å². The minimum Gasteiger partial charge on any atom is -0.270 e. The van der Waals surface area contributed by atoms with Gasteiger partial charge in [-0.3, -0.25) is 4.99 Å². The van der Waals surface area contributed by atoms with Crippen molar-refractivity contribution in [1.29, 1.82) is 0 Å². The van der Waals surface area contributed by atoms with E-state index >= 15 is 0 Å². The second-order valence-electron chi connectivity index (χ2n) is 2.62. The maximum Gasteiger partial charge on any atom is 0.109 e. The first kappa shape index (κ1) is 6.46. The second-order valence-corrected chi connectivity index (χ2v) is 2.62. The van der Waals surface area contributed by atoms with E-state index in [1.807, 2.05) is 6.21 Å². The van der Waals surface area contributed by atoms with Gasteiger partial charge in [-0.1, -0.05) is 6.92 Å². The smallest absolute Gasteiger partial charge is 0.109 e. The van der Waals surface area contributed by atoms with Crippen LogP contribution in [0.15, 0.2) is 9.98 Å². The van der Waals surface area contributed by atoms with Gasteiger partial charge in [-0.2, -0.15) is 0 Å². The van der Waals surface area contributed by atoms with Gasteiger partial charge in [0.05, 0.1) is 0 Å². The van der Waals surface area contributed by atoms with Crippen LogP contribution in [0.1, 0.15) is 20.3 Å². The van der Waals surface area contributed by atoms with Crippen LogP contribution in [-0.2, 0) is 0 Å². The molecule has 2 heteroatoms. The van der Waals surface area contributed by atoms with Gasteiger partial charge in [0.1, 0.15) is 6.34 Å². The molecular weight excluding hydrogens is 112 g/mol. The minimum absolute atomic E-state index is 0.447. The van der Waals surface area contributed by atoms with Gasteiger partial charge in [0, 0.05) is 12.3 Å². The zero-order valence-electron chi connectivity index (χ0n) is 5.91. The maximum atomic E-state index is 4.15. The van der Waals surface area contributed by atoms with Crippen molar-refractivity contribution in [3.05, 3.63) is 0 Å². The van der Waals surface area contributed by atoms with Gasteiger partial charge in [0.15, 0.2) is 0 Å². The Morgan fingerprint density at radius 1 is 1.44 bits per heavy atom. The molecule has 1 aliphatic rings. The molecule has 0 saturated carbocycles. The highest BCUT2D eigenvalue weighted by Gasteiger charge is 2.05. The molecule has 0 aliphatic carbocycles. The Bertz CT molecular complexity index is 122. The summed E-state index contributed by atoms with van der Waals surface area (Å²) in [7, 11) is 0. The third-order valence-corrected chi connectivity index (χ3v) is 1.44. The van der Waals surface area contributed by atoms with Gasteiger partial charge < -0.3 is 0 Å². The largest absolute Gasteiger partial charge is 0.270 e. The fourth-order valence-corrected chi connectivity index (χ4v) is 0.997. The molecular formula is C7H12N2. The predicted octanol–water partition coefficient (Wildman–Crippen LogP) is 1.51. The Balaban J connectivity index is 2.54. The Hall–Kier alpha value is -0.660. The van der Waals surface area contributed by atoms with Gasteiger partial charge in [-0.25, -0.2) is 4.99 Å². The molecule has 0 bridgehead atoms. The van der Waals surface area contributed by atoms with E-state index in [-0.39, 0.29) is 0 Å². The first-order valence-corrected chi connectivity index (χ1v) is 3.34. The molecule has 0 aromatic rings. The van der Waals surface area contributed by atoms with Gasteiger partial charge in [-0.15, -0.1) is 0 Å². The molecule has 1 heterocycles. The zero-order chi connectivity index (χ0) is 6.69. The highest BCUT2D eigenvalue weighted by Crippen LogP contribution is 2.07. The van der Waals surface area contributed by atoms with Gasteiger partial charge in [0.25, 0.3) is 0 Å². The fraction of sp³-hybridized carbons (Fsp3) is 0.714. The van der Waals surface area contributed by atoms with E-state index in [1.165, 1.54) is 0 Å². The second kappa shape index (κ2) is 2.76. The summed E-state index contributed by atoms with van der Waals surface area (Å²) in [4.78, 5) is 8.14. The lowest BCUT2D eigenvalue weighted by atomic mass is 10.1. The van der Waals surface area contributed by atoms with E-state index in [4.69, 9.17) is 0 Å². The lowest BCUT2D eigenvalue weighted by Crippen LogP contribution is -2.04. The third kappa shape index (κ3) is 1.96. The maximum absolute atomic E-state index is 4.15. The van der Waals surface area contributed by atoms with Gasteiger partial charge in [-0.05, 0) is 19.3 Å². The van der Waals surface area contributed by atoms with Crippen LogP contribution in [0.3, 0.4) is 0 Å². The Morgan fingerprint density at radius 2 is 2.22 bits per heavy atom. The van der Waals surface area contributed by atoms with Crippen molar-refractivity contribution in [2.24, 2.45) is 15.9 Å². The van der Waals surface area contributed by atoms with Crippen molar-refractivity contribution in [1.82, 2.24) is 0 Å². The molecule has 0 saturated heterocycles. The highest BCUT2D eigenvalue weighted by molar-refractivity contribution is 5.74. The van der Waals surface area contributed by atoms with E-state index in [2.05, 4.69) is 23.8 Å². The van der Waals surface area contributed by atoms with E-state index in [0.29, 0.717) is 12.0 Å². The fourth-order valence-electron chi connectivity index (χ4n) is 0.997. The summed E-state index contributed by atoms with van der Waals surface area (Å²) in [6.45, 7) is 4.27. The zero-order valence-corrected chi connectivity index (χ0v) is 5.91. The lowest BCUT2D eigenvalue weighted by molar-refractivity contribution is 0.600. The third-order valence-electron chi connectivity index (χ3n) is 1.44. The van der Waals surface area contributed by atoms with Crippen molar-refractivity contribution >= 4 is 12.6 Å². The molecule has 2 atom stereocenters. The molecule has 2 unspecified atom stereocenters. The molecule has 1 rings (SSSR count). The molecule has 50 valence electrons. The van der Waals surface area contributed by atoms with Crippen LogP contribution in [0.25, 0.3) is 0 Å². The predicted molar refractivity (Wildman–Crippen MR) is 40.2 cm³/mol. The van der Waals surface area contributed by atoms with Crippen LogP contribution in [0.5, 0.6) is 0 Å². The molecule has 0 fully saturated rings. The normalized spacial score (nSPS) is 34.4. The summed E-state index contributed by atoms with van der Waals surface area (Å²) < 4.78 is 0. The van der Waals surface area contributed by atoms with Gasteiger partial charge >= 0.3 is 0 Å². The number of aliphatic imine (C=N–C) groups is 2. The first-order valence-electron chi connectivity index (χ1n) is 3.34. The number of nitrogens with zero attached hydrogens (tertiary/aromatic N) is 2. The summed E-state index contributed by atoms with van der Waals surface area (Å²) in [5, 5.41) is 0. The van der Waals surface area contributed by atoms with Crippen LogP contribution < -0.4 is 0 Å². The molecule has 0 N–H and O–H groups in total. The molecule has 0 spiro atoms. The summed E-state index contributed by atoms with van der Waals surface area (Å²) in [6.07, 6.45) is 4.72. The Morgan fingerprint density at radius 3 is 3.00 bits per heavy atom. The molecule has 9 heavy (non-hydrogen) atoms. The van der Waals surface area contributed by atoms with Crippen molar-refractivity contribution in [3.8, 4) is 0 Å². The average Bonchev–Trinajstić information content (AvgIpc) is 1.93. The lowest BCUT2D eigenvalue weighted by Gasteiger charge is -2.04. The molecule has 0 aromatic carbocycles. The van der Waals surface area contributed by atoms with Crippen LogP contribution in [0.4, 0.5) is 0 Å². The Kier molecular flexibility index (Phi) is 1.98. The first-order chi connectivity index (χ1) is 4.29. The van der Waals surface area contributed by atoms with Gasteiger partial charge in [0.2, 0.25) is 0 Å². The van der Waals surface area contributed by atoms with Crippen LogP contribution in [-0.4, -0.2) is 18.6 Å². The molecule has 2 nitrogen and oxygen atoms in total. The summed E-state index contributed by atoms with van der Waals surface area (Å²) in [6, 6.07) is 0.447. The quantitative estimate of drug-likeness (QED) is 0.467. The summed E-state index contributed by atoms with van der Waals surface area (Å²) >= 11 is 0. The highest BCUT2D eigenvalue weighted by atomic mass is 14.9. The summed E-state index contributed by atoms with van der Waals surface area (Å²) in [5.74, 6) is 0.586. The van der Waals surface area contributed by atoms with E-state index in [9.17, 15) is 0 Å². The average molecular weight is 124 g/mol. The molecule has 0 radical (unpaired) electrons. The van der Waals surface area contributed by atoms with E-state index in [1.54, 1.807) is 6.34 Å². The molecule has 1 aliphatic heterocycles. The topological polar surface area (TPSA) is 24.7 Å². The van der Waals surface area contributed by atoms with Crippen molar-refractivity contribution < 1.29 is 0 Å². The summed E-state index contributed by atoms with van der Waals surface area (Å²) in [5.41, 5.74) is 0. The van der Waals surface area contributed by atoms with Crippen molar-refractivity contribution in [2.45, 2.75) is 26.3 Å². The van der Waals surface area contributed by atoms with Crippen LogP contribution >= 0.6 is 0 Å². The molecule has 0 aromatic heterocycles. The number of rotatable bonds is 0. The monoisotopic (exact) mass is 124 g/mol. The van der Waals surface area contributed by atoms with Crippen LogP contribution in [0, 0.1) is 5.92 Å². The number of hydrogen-bond donors (Lipinski definition) is 0. The van der Waals surface area contributed by atoms with Crippen LogP contribution in [0.2, 0.25) is 0 Å². The number of hydrogen-bond acceptors (Lipinski definition) is 2. The Labute approximate surface area is 55.7 Å². The van der Waals surface area contributed by atoms with Crippen molar-refractivity contribution in [2.75, 3.05) is 0 Å².